The van der Waals surface area contributed by atoms with Crippen molar-refractivity contribution < 1.29 is 52.3 Å². The number of ether oxygens (including phenoxy) is 7. The molecule has 6 heterocycles. The molecule has 408 valence electrons. The van der Waals surface area contributed by atoms with Crippen LogP contribution in [0.15, 0.2) is 58.5 Å². The van der Waals surface area contributed by atoms with E-state index in [-0.39, 0.29) is 51.0 Å². The molecule has 8 rings (SSSR count). The predicted molar refractivity (Wildman–Crippen MR) is 289 cm³/mol. The summed E-state index contributed by atoms with van der Waals surface area (Å²) in [6.07, 6.45) is -0.0817. The van der Waals surface area contributed by atoms with Gasteiger partial charge in [0.2, 0.25) is 0 Å². The van der Waals surface area contributed by atoms with E-state index in [2.05, 4.69) is 31.0 Å². The van der Waals surface area contributed by atoms with Gasteiger partial charge in [-0.3, -0.25) is 38.3 Å². The number of nitrogens with zero attached hydrogens (tertiary/aromatic N) is 8. The van der Waals surface area contributed by atoms with Crippen LogP contribution in [0.3, 0.4) is 0 Å². The number of carbonyl (C=O) groups excluding carboxylic acids is 4. The first kappa shape index (κ1) is 56.9. The zero-order valence-electron chi connectivity index (χ0n) is 43.3. The zero-order valence-corrected chi connectivity index (χ0v) is 46.5. The van der Waals surface area contributed by atoms with E-state index in [0.717, 1.165) is 43.4 Å². The highest BCUT2D eigenvalue weighted by Gasteiger charge is 2.36. The van der Waals surface area contributed by atoms with E-state index in [1.807, 2.05) is 61.1 Å². The van der Waals surface area contributed by atoms with Gasteiger partial charge >= 0.3 is 11.9 Å². The van der Waals surface area contributed by atoms with Crippen molar-refractivity contribution in [3.05, 3.63) is 125 Å². The third-order valence-corrected chi connectivity index (χ3v) is 15.4. The van der Waals surface area contributed by atoms with E-state index in [0.29, 0.717) is 107 Å². The summed E-state index contributed by atoms with van der Waals surface area (Å²) in [6, 6.07) is 13.2. The first-order valence-corrected chi connectivity index (χ1v) is 27.1. The molecule has 0 saturated heterocycles. The van der Waals surface area contributed by atoms with Crippen molar-refractivity contribution >= 4 is 81.1 Å². The summed E-state index contributed by atoms with van der Waals surface area (Å²) in [7, 11) is 2.66. The molecule has 0 radical (unpaired) electrons. The van der Waals surface area contributed by atoms with E-state index in [4.69, 9.17) is 66.3 Å². The van der Waals surface area contributed by atoms with Gasteiger partial charge in [-0.15, -0.1) is 43.1 Å². The van der Waals surface area contributed by atoms with Crippen LogP contribution in [0.2, 0.25) is 10.0 Å². The molecule has 6 aromatic rings. The Labute approximate surface area is 462 Å². The fraction of sp³-hybridized carbons (Fsp3) is 0.423. The smallest absolute Gasteiger partial charge is 0.308 e. The number of esters is 2. The second-order valence-electron chi connectivity index (χ2n) is 17.5. The van der Waals surface area contributed by atoms with Crippen LogP contribution in [0.1, 0.15) is 101 Å². The van der Waals surface area contributed by atoms with Gasteiger partial charge in [0.15, 0.2) is 11.6 Å². The fourth-order valence-corrected chi connectivity index (χ4v) is 11.4. The number of aromatic nitrogens is 6. The lowest BCUT2D eigenvalue weighted by molar-refractivity contribution is -0.142. The minimum atomic E-state index is -0.674. The standard InChI is InChI=1S/C52H58Cl2N10O11S2/c1-29-41-43(33-7-11-35(53)12-8-33)57-37(27-39(65)69-5)47-61-59-31(3)63(47)51(41)76-45(29)49(67)55-15-17-71-19-21-73-23-25-75-26-24-74-22-20-72-18-16-56-50(68)46-30(2)42-44(34-9-13-36(54)14-10-34)58-38(28-40(66)70-6)48-62-60-32(4)64(48)52(42)77-46/h7-14,37-38H,15-28H2,1-6H3,(H,55,67)(H,56,68). The minimum absolute atomic E-state index is 0.0409. The molecule has 2 atom stereocenters. The van der Waals surface area contributed by atoms with Gasteiger partial charge in [0.25, 0.3) is 11.8 Å². The van der Waals surface area contributed by atoms with Crippen LogP contribution in [-0.4, -0.2) is 158 Å². The van der Waals surface area contributed by atoms with Crippen LogP contribution >= 0.6 is 45.9 Å². The Morgan fingerprint density at radius 3 is 1.19 bits per heavy atom. The molecule has 0 aliphatic carbocycles. The number of amides is 2. The van der Waals surface area contributed by atoms with Gasteiger partial charge in [-0.1, -0.05) is 47.5 Å². The number of methoxy groups -OCH3 is 2. The SMILES string of the molecule is COC(=O)CC1N=C(c2ccc(Cl)cc2)c2c(sc(C(=O)NCCOCCOCCOCCOCCOCCNC(=O)c3sc4c(c3C)C(c3ccc(Cl)cc3)=NC(CC(=O)OC)c3nnc(C)n3-4)c2C)-n2c(C)nnc21. The van der Waals surface area contributed by atoms with Crippen molar-refractivity contribution in [2.24, 2.45) is 9.98 Å². The molecule has 2 amide bonds. The van der Waals surface area contributed by atoms with Crippen LogP contribution in [0.25, 0.3) is 10.0 Å². The third-order valence-electron chi connectivity index (χ3n) is 12.4. The van der Waals surface area contributed by atoms with Crippen molar-refractivity contribution in [1.29, 1.82) is 0 Å². The van der Waals surface area contributed by atoms with Crippen molar-refractivity contribution in [1.82, 2.24) is 40.2 Å². The summed E-state index contributed by atoms with van der Waals surface area (Å²) in [5, 5.41) is 25.9. The molecule has 0 saturated carbocycles. The lowest BCUT2D eigenvalue weighted by Crippen LogP contribution is -2.27. The second kappa shape index (κ2) is 26.9. The van der Waals surface area contributed by atoms with E-state index >= 15 is 0 Å². The number of fused-ring (bicyclic) bond motifs is 6. The lowest BCUT2D eigenvalue weighted by atomic mass is 9.99. The topological polar surface area (TPSA) is 243 Å². The molecule has 25 heteroatoms. The van der Waals surface area contributed by atoms with Gasteiger partial charge in [0, 0.05) is 45.4 Å². The first-order chi connectivity index (χ1) is 37.3. The van der Waals surface area contributed by atoms with Gasteiger partial charge in [-0.05, 0) is 63.1 Å². The van der Waals surface area contributed by atoms with Crippen molar-refractivity contribution in [2.75, 3.05) is 93.4 Å². The number of hydrogen-bond acceptors (Lipinski definition) is 19. The highest BCUT2D eigenvalue weighted by Crippen LogP contribution is 2.42. The highest BCUT2D eigenvalue weighted by atomic mass is 35.5. The van der Waals surface area contributed by atoms with Crippen molar-refractivity contribution in [2.45, 2.75) is 52.6 Å². The molecular formula is C52H58Cl2N10O11S2. The Kier molecular flexibility index (Phi) is 19.9. The molecule has 0 spiro atoms. The van der Waals surface area contributed by atoms with Crippen LogP contribution < -0.4 is 10.6 Å². The maximum atomic E-state index is 13.6. The van der Waals surface area contributed by atoms with E-state index in [1.54, 1.807) is 24.3 Å². The molecule has 2 aromatic carbocycles. The largest absolute Gasteiger partial charge is 0.469 e. The van der Waals surface area contributed by atoms with Crippen LogP contribution in [0, 0.1) is 27.7 Å². The Balaban J connectivity index is 0.698. The number of halogens is 2. The second-order valence-corrected chi connectivity index (χ2v) is 20.4. The number of thiophene rings is 2. The lowest BCUT2D eigenvalue weighted by Gasteiger charge is -2.12. The van der Waals surface area contributed by atoms with Gasteiger partial charge in [-0.25, -0.2) is 0 Å². The molecule has 21 nitrogen and oxygen atoms in total. The number of aryl methyl sites for hydroxylation is 2. The predicted octanol–water partition coefficient (Wildman–Crippen LogP) is 6.66. The quantitative estimate of drug-likeness (QED) is 0.0426. The molecular weight excluding hydrogens is 1080 g/mol. The first-order valence-electron chi connectivity index (χ1n) is 24.7. The molecule has 2 aliphatic heterocycles. The summed E-state index contributed by atoms with van der Waals surface area (Å²) in [4.78, 5) is 63.3. The summed E-state index contributed by atoms with van der Waals surface area (Å²) < 4.78 is 42.0. The molecule has 4 aromatic heterocycles. The number of hydrogen-bond donors (Lipinski definition) is 2. The minimum Gasteiger partial charge on any atom is -0.469 e. The van der Waals surface area contributed by atoms with E-state index in [9.17, 15) is 19.2 Å². The average molecular weight is 1130 g/mol. The number of nitrogens with one attached hydrogen (secondary N) is 2. The Morgan fingerprint density at radius 1 is 0.519 bits per heavy atom. The van der Waals surface area contributed by atoms with Crippen molar-refractivity contribution in [3.8, 4) is 10.0 Å². The number of carbonyl (C=O) groups is 4. The van der Waals surface area contributed by atoms with E-state index in [1.165, 1.54) is 36.9 Å². The summed E-state index contributed by atoms with van der Waals surface area (Å²) in [6.45, 7) is 11.4. The molecule has 0 fully saturated rings. The number of benzene rings is 2. The molecule has 0 bridgehead atoms. The van der Waals surface area contributed by atoms with Gasteiger partial charge in [0.05, 0.1) is 114 Å². The molecule has 2 unspecified atom stereocenters. The molecule has 2 N–H and O–H groups in total. The highest BCUT2D eigenvalue weighted by molar-refractivity contribution is 7.17. The fourth-order valence-electron chi connectivity index (χ4n) is 8.57. The van der Waals surface area contributed by atoms with E-state index < -0.39 is 24.0 Å². The van der Waals surface area contributed by atoms with Gasteiger partial charge in [0.1, 0.15) is 33.7 Å². The maximum absolute atomic E-state index is 13.6. The van der Waals surface area contributed by atoms with Gasteiger partial charge < -0.3 is 43.8 Å². The van der Waals surface area contributed by atoms with Crippen molar-refractivity contribution in [3.63, 3.8) is 0 Å². The zero-order chi connectivity index (χ0) is 54.6. The Hall–Kier alpha value is -6.28. The van der Waals surface area contributed by atoms with Gasteiger partial charge in [-0.2, -0.15) is 0 Å². The van der Waals surface area contributed by atoms with Crippen LogP contribution in [0.5, 0.6) is 0 Å². The monoisotopic (exact) mass is 1130 g/mol. The Bertz CT molecular complexity index is 2930. The number of rotatable bonds is 26. The normalized spacial score (nSPS) is 14.5. The maximum Gasteiger partial charge on any atom is 0.308 e. The summed E-state index contributed by atoms with van der Waals surface area (Å²) >= 11 is 15.1. The summed E-state index contributed by atoms with van der Waals surface area (Å²) in [5.41, 5.74) is 5.68. The number of aliphatic imine (C=N–C) groups is 2. The van der Waals surface area contributed by atoms with Crippen LogP contribution in [0.4, 0.5) is 0 Å². The average Bonchev–Trinajstić information content (AvgIpc) is 4.17. The summed E-state index contributed by atoms with van der Waals surface area (Å²) in [5.74, 6) is 0.735. The Morgan fingerprint density at radius 2 is 0.857 bits per heavy atom. The third kappa shape index (κ3) is 13.5. The van der Waals surface area contributed by atoms with Crippen LogP contribution in [-0.2, 0) is 42.7 Å². The molecule has 2 aliphatic rings. The molecule has 77 heavy (non-hydrogen) atoms.